The van der Waals surface area contributed by atoms with E-state index in [1.807, 2.05) is 0 Å². The van der Waals surface area contributed by atoms with Crippen molar-refractivity contribution >= 4 is 18.2 Å². The Morgan fingerprint density at radius 3 is 2.24 bits per heavy atom. The van der Waals surface area contributed by atoms with Crippen molar-refractivity contribution in [3.05, 3.63) is 29.8 Å². The Balaban J connectivity index is 1.56. The van der Waals surface area contributed by atoms with E-state index in [4.69, 9.17) is 0 Å². The maximum Gasteiger partial charge on any atom is 0.0305 e. The first-order valence-electron chi connectivity index (χ1n) is 6.60. The molecule has 0 amide bonds. The minimum absolute atomic E-state index is 0.785. The quantitative estimate of drug-likeness (QED) is 0.549. The molecular weight excluding hydrogens is 226 g/mol. The molecule has 1 aromatic rings. The molecule has 0 aliphatic heterocycles. The van der Waals surface area contributed by atoms with Crippen molar-refractivity contribution in [2.75, 3.05) is 0 Å². The lowest BCUT2D eigenvalue weighted by Gasteiger charge is -2.07. The highest BCUT2D eigenvalue weighted by Gasteiger charge is 2.40. The van der Waals surface area contributed by atoms with Gasteiger partial charge in [-0.05, 0) is 56.6 Å². The van der Waals surface area contributed by atoms with Gasteiger partial charge in [0.15, 0.2) is 0 Å². The van der Waals surface area contributed by atoms with Crippen LogP contribution in [0.3, 0.4) is 0 Å². The van der Waals surface area contributed by atoms with E-state index < -0.39 is 0 Å². The van der Waals surface area contributed by atoms with E-state index in [1.54, 1.807) is 11.9 Å². The number of benzene rings is 1. The van der Waals surface area contributed by atoms with Gasteiger partial charge in [0, 0.05) is 29.0 Å². The van der Waals surface area contributed by atoms with Crippen molar-refractivity contribution in [1.29, 1.82) is 0 Å². The van der Waals surface area contributed by atoms with E-state index in [9.17, 15) is 0 Å². The number of hydrogen-bond acceptors (Lipinski definition) is 2. The number of hydrogen-bond donors (Lipinski definition) is 0. The maximum absolute atomic E-state index is 4.59. The van der Waals surface area contributed by atoms with Crippen LogP contribution in [0, 0.1) is 24.7 Å². The second kappa shape index (κ2) is 4.85. The third-order valence-electron chi connectivity index (χ3n) is 3.74. The lowest BCUT2D eigenvalue weighted by molar-refractivity contribution is 0.545. The summed E-state index contributed by atoms with van der Waals surface area (Å²) in [5.41, 5.74) is 1.31. The van der Waals surface area contributed by atoms with E-state index in [1.165, 1.54) is 36.1 Å². The molecule has 0 aromatic heterocycles. The van der Waals surface area contributed by atoms with E-state index in [0.717, 1.165) is 17.8 Å². The van der Waals surface area contributed by atoms with Crippen LogP contribution < -0.4 is 0 Å². The monoisotopic (exact) mass is 245 g/mol. The van der Waals surface area contributed by atoms with Crippen molar-refractivity contribution in [3.63, 3.8) is 0 Å². The SMILES string of the molecule is Cc1ccc(S/N=C\C(C2CC2)C2CC2)cc1. The summed E-state index contributed by atoms with van der Waals surface area (Å²) in [6.07, 6.45) is 7.97. The van der Waals surface area contributed by atoms with Gasteiger partial charge in [-0.3, -0.25) is 0 Å². The maximum atomic E-state index is 4.59. The fourth-order valence-electron chi connectivity index (χ4n) is 2.35. The topological polar surface area (TPSA) is 12.4 Å². The molecule has 0 radical (unpaired) electrons. The summed E-state index contributed by atoms with van der Waals surface area (Å²) < 4.78 is 4.59. The Morgan fingerprint density at radius 1 is 1.12 bits per heavy atom. The first-order chi connectivity index (χ1) is 8.33. The van der Waals surface area contributed by atoms with Crippen LogP contribution in [0.15, 0.2) is 33.6 Å². The predicted octanol–water partition coefficient (Wildman–Crippen LogP) is 4.51. The summed E-state index contributed by atoms with van der Waals surface area (Å²) in [6.45, 7) is 2.12. The van der Waals surface area contributed by atoms with Crippen LogP contribution in [0.1, 0.15) is 31.2 Å². The van der Waals surface area contributed by atoms with Crippen molar-refractivity contribution in [1.82, 2.24) is 0 Å². The molecule has 17 heavy (non-hydrogen) atoms. The molecule has 0 unspecified atom stereocenters. The second-order valence-corrected chi connectivity index (χ2v) is 6.28. The largest absolute Gasteiger partial charge is 0.223 e. The summed E-state index contributed by atoms with van der Waals surface area (Å²) in [4.78, 5) is 1.25. The van der Waals surface area contributed by atoms with Crippen LogP contribution in [-0.2, 0) is 0 Å². The summed E-state index contributed by atoms with van der Waals surface area (Å²) in [5.74, 6) is 2.71. The van der Waals surface area contributed by atoms with Gasteiger partial charge in [0.1, 0.15) is 0 Å². The van der Waals surface area contributed by atoms with Crippen LogP contribution in [0.25, 0.3) is 0 Å². The molecular formula is C15H19NS. The highest BCUT2D eigenvalue weighted by atomic mass is 32.2. The lowest BCUT2D eigenvalue weighted by atomic mass is 10.00. The number of nitrogens with zero attached hydrogens (tertiary/aromatic N) is 1. The fraction of sp³-hybridized carbons (Fsp3) is 0.533. The van der Waals surface area contributed by atoms with Crippen LogP contribution in [-0.4, -0.2) is 6.21 Å². The highest BCUT2D eigenvalue weighted by Crippen LogP contribution is 2.48. The Kier molecular flexibility index (Phi) is 3.24. The van der Waals surface area contributed by atoms with Gasteiger partial charge in [0.05, 0.1) is 0 Å². The average molecular weight is 245 g/mol. The van der Waals surface area contributed by atoms with Gasteiger partial charge in [-0.15, -0.1) is 0 Å². The predicted molar refractivity (Wildman–Crippen MR) is 74.5 cm³/mol. The smallest absolute Gasteiger partial charge is 0.0305 e. The Hall–Kier alpha value is -0.760. The second-order valence-electron chi connectivity index (χ2n) is 5.41. The molecule has 1 aromatic carbocycles. The van der Waals surface area contributed by atoms with Crippen LogP contribution >= 0.6 is 11.9 Å². The minimum Gasteiger partial charge on any atom is -0.223 e. The van der Waals surface area contributed by atoms with Crippen molar-refractivity contribution in [2.24, 2.45) is 22.2 Å². The lowest BCUT2D eigenvalue weighted by Crippen LogP contribution is -2.06. The zero-order valence-electron chi connectivity index (χ0n) is 10.3. The zero-order valence-corrected chi connectivity index (χ0v) is 11.1. The van der Waals surface area contributed by atoms with Crippen LogP contribution in [0.5, 0.6) is 0 Å². The third-order valence-corrected chi connectivity index (χ3v) is 4.45. The normalized spacial score (nSPS) is 20.4. The summed E-state index contributed by atoms with van der Waals surface area (Å²) in [6, 6.07) is 8.61. The summed E-state index contributed by atoms with van der Waals surface area (Å²) in [7, 11) is 0. The molecule has 2 aliphatic rings. The van der Waals surface area contributed by atoms with Gasteiger partial charge in [-0.1, -0.05) is 17.7 Å². The van der Waals surface area contributed by atoms with Crippen LogP contribution in [0.4, 0.5) is 0 Å². The number of rotatable bonds is 5. The van der Waals surface area contributed by atoms with E-state index >= 15 is 0 Å². The standard InChI is InChI=1S/C15H19NS/c1-11-2-8-14(9-3-11)17-16-10-15(12-4-5-12)13-6-7-13/h2-3,8-10,12-13,15H,4-7H2,1H3/b16-10-. The zero-order chi connectivity index (χ0) is 11.7. The Bertz CT molecular complexity index is 389. The molecule has 2 heteroatoms. The van der Waals surface area contributed by atoms with Crippen LogP contribution in [0.2, 0.25) is 0 Å². The van der Waals surface area contributed by atoms with Crippen molar-refractivity contribution < 1.29 is 0 Å². The first-order valence-corrected chi connectivity index (χ1v) is 7.37. The average Bonchev–Trinajstić information content (AvgIpc) is 3.19. The third kappa shape index (κ3) is 3.12. The Labute approximate surface area is 108 Å². The van der Waals surface area contributed by atoms with Crippen molar-refractivity contribution in [2.45, 2.75) is 37.5 Å². The van der Waals surface area contributed by atoms with E-state index in [2.05, 4.69) is 41.8 Å². The van der Waals surface area contributed by atoms with E-state index in [0.29, 0.717) is 0 Å². The van der Waals surface area contributed by atoms with Gasteiger partial charge in [0.25, 0.3) is 0 Å². The molecule has 0 N–H and O–H groups in total. The first kappa shape index (κ1) is 11.3. The van der Waals surface area contributed by atoms with E-state index in [-0.39, 0.29) is 0 Å². The molecule has 1 nitrogen and oxygen atoms in total. The molecule has 2 aliphatic carbocycles. The number of aryl methyl sites for hydroxylation is 1. The highest BCUT2D eigenvalue weighted by molar-refractivity contribution is 7.98. The van der Waals surface area contributed by atoms with Gasteiger partial charge >= 0.3 is 0 Å². The Morgan fingerprint density at radius 2 is 1.71 bits per heavy atom. The molecule has 90 valence electrons. The molecule has 0 spiro atoms. The van der Waals surface area contributed by atoms with Crippen molar-refractivity contribution in [3.8, 4) is 0 Å². The summed E-state index contributed by atoms with van der Waals surface area (Å²) >= 11 is 1.62. The van der Waals surface area contributed by atoms with Gasteiger partial charge in [-0.2, -0.15) is 0 Å². The molecule has 2 saturated carbocycles. The molecule has 2 fully saturated rings. The molecule has 0 bridgehead atoms. The minimum atomic E-state index is 0.785. The van der Waals surface area contributed by atoms with Gasteiger partial charge in [0.2, 0.25) is 0 Å². The fourth-order valence-corrected chi connectivity index (χ4v) is 2.93. The molecule has 0 atom stereocenters. The molecule has 0 saturated heterocycles. The molecule has 0 heterocycles. The van der Waals surface area contributed by atoms with Gasteiger partial charge < -0.3 is 0 Å². The summed E-state index contributed by atoms with van der Waals surface area (Å²) in [5, 5.41) is 0. The molecule has 3 rings (SSSR count). The van der Waals surface area contributed by atoms with Gasteiger partial charge in [-0.25, -0.2) is 4.40 Å².